The molecule has 0 heterocycles. The number of nitrogens with one attached hydrogen (secondary N) is 1. The van der Waals surface area contributed by atoms with Crippen molar-refractivity contribution >= 4 is 6.03 Å². The van der Waals surface area contributed by atoms with Crippen LogP contribution in [0.5, 0.6) is 0 Å². The van der Waals surface area contributed by atoms with Crippen molar-refractivity contribution in [2.45, 2.75) is 13.8 Å². The molecule has 0 saturated carbocycles. The van der Waals surface area contributed by atoms with Gasteiger partial charge in [0.25, 0.3) is 0 Å². The van der Waals surface area contributed by atoms with Crippen LogP contribution < -0.4 is 5.32 Å². The van der Waals surface area contributed by atoms with Gasteiger partial charge in [0, 0.05) is 26.7 Å². The van der Waals surface area contributed by atoms with Crippen molar-refractivity contribution in [2.24, 2.45) is 0 Å². The lowest BCUT2D eigenvalue weighted by Gasteiger charge is -2.19. The molecular formula is C8H18N2O2. The van der Waals surface area contributed by atoms with Gasteiger partial charge in [-0.05, 0) is 13.8 Å². The fourth-order valence-corrected chi connectivity index (χ4v) is 0.880. The molecule has 0 bridgehead atoms. The third kappa shape index (κ3) is 4.18. The highest BCUT2D eigenvalue weighted by molar-refractivity contribution is 5.73. The van der Waals surface area contributed by atoms with Crippen LogP contribution >= 0.6 is 0 Å². The fraction of sp³-hybridized carbons (Fsp3) is 0.875. The molecule has 4 heteroatoms. The van der Waals surface area contributed by atoms with E-state index in [1.54, 1.807) is 11.9 Å². The second-order valence-corrected chi connectivity index (χ2v) is 2.33. The maximum atomic E-state index is 11.1. The molecule has 72 valence electrons. The molecule has 0 aliphatic carbocycles. The zero-order valence-electron chi connectivity index (χ0n) is 8.09. The number of urea groups is 1. The lowest BCUT2D eigenvalue weighted by atomic mass is 10.5. The molecule has 0 rings (SSSR count). The molecule has 0 aromatic carbocycles. The van der Waals surface area contributed by atoms with Crippen molar-refractivity contribution in [1.82, 2.24) is 10.2 Å². The summed E-state index contributed by atoms with van der Waals surface area (Å²) in [5.74, 6) is 0. The Bertz CT molecular complexity index is 128. The van der Waals surface area contributed by atoms with Gasteiger partial charge < -0.3 is 15.0 Å². The van der Waals surface area contributed by atoms with E-state index in [1.165, 1.54) is 0 Å². The van der Waals surface area contributed by atoms with Crippen molar-refractivity contribution in [3.63, 3.8) is 0 Å². The summed E-state index contributed by atoms with van der Waals surface area (Å²) in [4.78, 5) is 12.8. The van der Waals surface area contributed by atoms with E-state index in [1.807, 2.05) is 13.8 Å². The fourth-order valence-electron chi connectivity index (χ4n) is 0.880. The first-order valence-corrected chi connectivity index (χ1v) is 4.30. The van der Waals surface area contributed by atoms with Gasteiger partial charge in [-0.3, -0.25) is 0 Å². The molecule has 12 heavy (non-hydrogen) atoms. The molecule has 2 amide bonds. The standard InChI is InChI=1S/C8H18N2O2/c1-4-10(8(11)9-3)6-7-12-5-2/h4-7H2,1-3H3,(H,9,11). The smallest absolute Gasteiger partial charge is 0.317 e. The van der Waals surface area contributed by atoms with Crippen LogP contribution in [0.25, 0.3) is 0 Å². The second-order valence-electron chi connectivity index (χ2n) is 2.33. The van der Waals surface area contributed by atoms with Crippen LogP contribution in [0.15, 0.2) is 0 Å². The average molecular weight is 174 g/mol. The Balaban J connectivity index is 3.60. The van der Waals surface area contributed by atoms with Crippen LogP contribution in [0.4, 0.5) is 4.79 Å². The summed E-state index contributed by atoms with van der Waals surface area (Å²) >= 11 is 0. The van der Waals surface area contributed by atoms with Gasteiger partial charge in [-0.2, -0.15) is 0 Å². The first kappa shape index (κ1) is 11.2. The zero-order valence-corrected chi connectivity index (χ0v) is 8.09. The van der Waals surface area contributed by atoms with E-state index in [0.717, 1.165) is 0 Å². The van der Waals surface area contributed by atoms with Gasteiger partial charge in [-0.15, -0.1) is 0 Å². The minimum Gasteiger partial charge on any atom is -0.380 e. The lowest BCUT2D eigenvalue weighted by Crippen LogP contribution is -2.39. The van der Waals surface area contributed by atoms with E-state index in [9.17, 15) is 4.79 Å². The lowest BCUT2D eigenvalue weighted by molar-refractivity contribution is 0.121. The number of likely N-dealkylation sites (N-methyl/N-ethyl adjacent to an activating group) is 1. The highest BCUT2D eigenvalue weighted by Gasteiger charge is 2.07. The van der Waals surface area contributed by atoms with E-state index >= 15 is 0 Å². The van der Waals surface area contributed by atoms with Crippen molar-refractivity contribution in [2.75, 3.05) is 33.4 Å². The highest BCUT2D eigenvalue weighted by Crippen LogP contribution is 1.88. The molecule has 4 nitrogen and oxygen atoms in total. The molecule has 0 aromatic heterocycles. The van der Waals surface area contributed by atoms with Crippen LogP contribution in [0, 0.1) is 0 Å². The molecule has 0 unspecified atom stereocenters. The van der Waals surface area contributed by atoms with Gasteiger partial charge >= 0.3 is 6.03 Å². The minimum atomic E-state index is -0.0443. The number of carbonyl (C=O) groups excluding carboxylic acids is 1. The van der Waals surface area contributed by atoms with Gasteiger partial charge in [-0.1, -0.05) is 0 Å². The molecule has 0 aliphatic rings. The molecular weight excluding hydrogens is 156 g/mol. The van der Waals surface area contributed by atoms with Crippen LogP contribution in [0.3, 0.4) is 0 Å². The van der Waals surface area contributed by atoms with Crippen LogP contribution in [0.1, 0.15) is 13.8 Å². The zero-order chi connectivity index (χ0) is 9.40. The first-order valence-electron chi connectivity index (χ1n) is 4.30. The predicted molar refractivity (Wildman–Crippen MR) is 48.2 cm³/mol. The second kappa shape index (κ2) is 6.91. The number of amides is 2. The van der Waals surface area contributed by atoms with Crippen molar-refractivity contribution < 1.29 is 9.53 Å². The molecule has 0 saturated heterocycles. The van der Waals surface area contributed by atoms with E-state index in [0.29, 0.717) is 26.3 Å². The quantitative estimate of drug-likeness (QED) is 0.623. The molecule has 0 fully saturated rings. The van der Waals surface area contributed by atoms with Gasteiger partial charge in [0.15, 0.2) is 0 Å². The topological polar surface area (TPSA) is 41.6 Å². The van der Waals surface area contributed by atoms with Gasteiger partial charge in [0.05, 0.1) is 6.61 Å². The summed E-state index contributed by atoms with van der Waals surface area (Å²) in [7, 11) is 1.63. The van der Waals surface area contributed by atoms with Crippen LogP contribution in [-0.4, -0.2) is 44.3 Å². The van der Waals surface area contributed by atoms with Crippen LogP contribution in [0.2, 0.25) is 0 Å². The van der Waals surface area contributed by atoms with Crippen molar-refractivity contribution in [1.29, 1.82) is 0 Å². The molecule has 0 aliphatic heterocycles. The minimum absolute atomic E-state index is 0.0443. The Labute approximate surface area is 73.9 Å². The Hall–Kier alpha value is -0.770. The third-order valence-electron chi connectivity index (χ3n) is 1.59. The van der Waals surface area contributed by atoms with E-state index in [2.05, 4.69) is 5.32 Å². The maximum absolute atomic E-state index is 11.1. The number of rotatable bonds is 5. The monoisotopic (exact) mass is 174 g/mol. The SMILES string of the molecule is CCOCCN(CC)C(=O)NC. The molecule has 0 spiro atoms. The summed E-state index contributed by atoms with van der Waals surface area (Å²) in [5.41, 5.74) is 0. The molecule has 0 radical (unpaired) electrons. The predicted octanol–water partition coefficient (Wildman–Crippen LogP) is 0.684. The van der Waals surface area contributed by atoms with E-state index in [-0.39, 0.29) is 6.03 Å². The Morgan fingerprint density at radius 3 is 2.58 bits per heavy atom. The molecule has 1 N–H and O–H groups in total. The summed E-state index contributed by atoms with van der Waals surface area (Å²) in [6, 6.07) is -0.0443. The van der Waals surface area contributed by atoms with Gasteiger partial charge in [0.2, 0.25) is 0 Å². The third-order valence-corrected chi connectivity index (χ3v) is 1.59. The number of ether oxygens (including phenoxy) is 1. The van der Waals surface area contributed by atoms with Crippen molar-refractivity contribution in [3.8, 4) is 0 Å². The maximum Gasteiger partial charge on any atom is 0.317 e. The van der Waals surface area contributed by atoms with Gasteiger partial charge in [-0.25, -0.2) is 4.79 Å². The van der Waals surface area contributed by atoms with E-state index < -0.39 is 0 Å². The average Bonchev–Trinajstić information content (AvgIpc) is 2.11. The number of carbonyl (C=O) groups is 1. The Morgan fingerprint density at radius 2 is 2.17 bits per heavy atom. The molecule has 0 atom stereocenters. The highest BCUT2D eigenvalue weighted by atomic mass is 16.5. The first-order chi connectivity index (χ1) is 5.76. The number of hydrogen-bond donors (Lipinski definition) is 1. The summed E-state index contributed by atoms with van der Waals surface area (Å²) in [6.07, 6.45) is 0. The van der Waals surface area contributed by atoms with Gasteiger partial charge in [0.1, 0.15) is 0 Å². The Kier molecular flexibility index (Phi) is 6.47. The van der Waals surface area contributed by atoms with Crippen molar-refractivity contribution in [3.05, 3.63) is 0 Å². The Morgan fingerprint density at radius 1 is 1.50 bits per heavy atom. The number of hydrogen-bond acceptors (Lipinski definition) is 2. The van der Waals surface area contributed by atoms with E-state index in [4.69, 9.17) is 4.74 Å². The molecule has 0 aromatic rings. The number of nitrogens with zero attached hydrogens (tertiary/aromatic N) is 1. The summed E-state index contributed by atoms with van der Waals surface area (Å²) in [6.45, 7) is 6.57. The normalized spacial score (nSPS) is 9.58. The summed E-state index contributed by atoms with van der Waals surface area (Å²) in [5, 5.41) is 2.57. The van der Waals surface area contributed by atoms with Crippen LogP contribution in [-0.2, 0) is 4.74 Å². The largest absolute Gasteiger partial charge is 0.380 e. The summed E-state index contributed by atoms with van der Waals surface area (Å²) < 4.78 is 5.14.